The van der Waals surface area contributed by atoms with Crippen LogP contribution in [0.3, 0.4) is 0 Å². The largest absolute Gasteiger partial charge is 0.469 e. The van der Waals surface area contributed by atoms with Crippen LogP contribution in [0.2, 0.25) is 0 Å². The van der Waals surface area contributed by atoms with Crippen LogP contribution in [0.4, 0.5) is 8.78 Å². The molecule has 0 aliphatic rings. The van der Waals surface area contributed by atoms with Crippen LogP contribution in [0.1, 0.15) is 43.0 Å². The Hall–Kier alpha value is -1.98. The Bertz CT molecular complexity index is 520. The van der Waals surface area contributed by atoms with E-state index >= 15 is 0 Å². The summed E-state index contributed by atoms with van der Waals surface area (Å²) in [6.07, 6.45) is 2.79. The summed E-state index contributed by atoms with van der Waals surface area (Å²) in [6.45, 7) is 2.69. The lowest BCUT2D eigenvalue weighted by atomic mass is 10.1. The number of nitrogens with zero attached hydrogens (tertiary/aromatic N) is 1. The number of ether oxygens (including phenoxy) is 1. The average Bonchev–Trinajstić information content (AvgIpc) is 2.52. The van der Waals surface area contributed by atoms with Gasteiger partial charge in [0.15, 0.2) is 11.6 Å². The summed E-state index contributed by atoms with van der Waals surface area (Å²) in [7, 11) is 1.28. The summed E-state index contributed by atoms with van der Waals surface area (Å²) >= 11 is 0. The molecule has 1 aromatic carbocycles. The van der Waals surface area contributed by atoms with Gasteiger partial charge in [-0.15, -0.1) is 0 Å². The maximum Gasteiger partial charge on any atom is 0.307 e. The molecule has 4 nitrogen and oxygen atoms in total. The molecule has 0 aliphatic heterocycles. The number of esters is 1. The van der Waals surface area contributed by atoms with Gasteiger partial charge in [-0.25, -0.2) is 8.78 Å². The van der Waals surface area contributed by atoms with Crippen molar-refractivity contribution < 1.29 is 23.1 Å². The number of methoxy groups -OCH3 is 1. The molecule has 1 aromatic rings. The second-order valence-corrected chi connectivity index (χ2v) is 4.95. The van der Waals surface area contributed by atoms with E-state index in [4.69, 9.17) is 0 Å². The molecule has 0 aliphatic carbocycles. The minimum absolute atomic E-state index is 0.0675. The first-order valence-electron chi connectivity index (χ1n) is 7.30. The molecule has 0 radical (unpaired) electrons. The van der Waals surface area contributed by atoms with E-state index in [2.05, 4.69) is 4.74 Å². The molecule has 0 N–H and O–H groups in total. The van der Waals surface area contributed by atoms with E-state index in [-0.39, 0.29) is 18.5 Å². The molecule has 6 heteroatoms. The zero-order valence-electron chi connectivity index (χ0n) is 12.9. The van der Waals surface area contributed by atoms with Gasteiger partial charge in [0.2, 0.25) is 0 Å². The third-order valence-electron chi connectivity index (χ3n) is 3.30. The minimum atomic E-state index is -1.06. The van der Waals surface area contributed by atoms with E-state index in [1.54, 1.807) is 0 Å². The molecule has 0 saturated heterocycles. The van der Waals surface area contributed by atoms with Gasteiger partial charge >= 0.3 is 5.97 Å². The van der Waals surface area contributed by atoms with Crippen LogP contribution >= 0.6 is 0 Å². The Kier molecular flexibility index (Phi) is 7.49. The van der Waals surface area contributed by atoms with Crippen molar-refractivity contribution >= 4 is 11.9 Å². The number of benzene rings is 1. The first-order chi connectivity index (χ1) is 10.5. The van der Waals surface area contributed by atoms with Crippen molar-refractivity contribution in [2.75, 3.05) is 20.2 Å². The highest BCUT2D eigenvalue weighted by molar-refractivity contribution is 5.94. The van der Waals surface area contributed by atoms with Crippen LogP contribution in [0.15, 0.2) is 18.2 Å². The molecule has 122 valence electrons. The second-order valence-electron chi connectivity index (χ2n) is 4.95. The molecule has 0 aromatic heterocycles. The fourth-order valence-electron chi connectivity index (χ4n) is 2.01. The number of unbranched alkanes of at least 4 members (excludes halogenated alkanes) is 2. The molecular weight excluding hydrogens is 292 g/mol. The maximum absolute atomic E-state index is 13.3. The Balaban J connectivity index is 2.80. The van der Waals surface area contributed by atoms with Crippen LogP contribution < -0.4 is 0 Å². The summed E-state index contributed by atoms with van der Waals surface area (Å²) < 4.78 is 30.8. The van der Waals surface area contributed by atoms with Crippen molar-refractivity contribution in [1.29, 1.82) is 0 Å². The monoisotopic (exact) mass is 313 g/mol. The van der Waals surface area contributed by atoms with Crippen molar-refractivity contribution in [1.82, 2.24) is 4.90 Å². The number of carbonyl (C=O) groups is 2. The van der Waals surface area contributed by atoms with Crippen molar-refractivity contribution in [2.24, 2.45) is 0 Å². The molecular formula is C16H21F2NO3. The van der Waals surface area contributed by atoms with Gasteiger partial charge in [0.25, 0.3) is 5.91 Å². The van der Waals surface area contributed by atoms with Crippen LogP contribution in [0.5, 0.6) is 0 Å². The first-order valence-corrected chi connectivity index (χ1v) is 7.30. The smallest absolute Gasteiger partial charge is 0.307 e. The van der Waals surface area contributed by atoms with Crippen LogP contribution in [-0.4, -0.2) is 37.0 Å². The van der Waals surface area contributed by atoms with E-state index in [1.165, 1.54) is 18.1 Å². The SMILES string of the molecule is CCCCCN(CCC(=O)OC)C(=O)c1ccc(F)c(F)c1. The van der Waals surface area contributed by atoms with Crippen molar-refractivity contribution in [2.45, 2.75) is 32.6 Å². The lowest BCUT2D eigenvalue weighted by Gasteiger charge is -2.22. The van der Waals surface area contributed by atoms with E-state index in [1.807, 2.05) is 6.92 Å². The number of amides is 1. The molecule has 0 bridgehead atoms. The fourth-order valence-corrected chi connectivity index (χ4v) is 2.01. The third-order valence-corrected chi connectivity index (χ3v) is 3.30. The van der Waals surface area contributed by atoms with E-state index < -0.39 is 23.5 Å². The third kappa shape index (κ3) is 5.42. The van der Waals surface area contributed by atoms with Gasteiger partial charge in [0.05, 0.1) is 13.5 Å². The zero-order valence-corrected chi connectivity index (χ0v) is 12.9. The highest BCUT2D eigenvalue weighted by Crippen LogP contribution is 2.12. The summed E-state index contributed by atoms with van der Waals surface area (Å²) in [5.74, 6) is -2.89. The Morgan fingerprint density at radius 3 is 2.45 bits per heavy atom. The van der Waals surface area contributed by atoms with Crippen molar-refractivity contribution in [3.8, 4) is 0 Å². The van der Waals surface area contributed by atoms with Crippen LogP contribution in [0.25, 0.3) is 0 Å². The Morgan fingerprint density at radius 1 is 1.14 bits per heavy atom. The highest BCUT2D eigenvalue weighted by atomic mass is 19.2. The number of rotatable bonds is 8. The lowest BCUT2D eigenvalue weighted by molar-refractivity contribution is -0.140. The zero-order chi connectivity index (χ0) is 16.5. The fraction of sp³-hybridized carbons (Fsp3) is 0.500. The second kappa shape index (κ2) is 9.12. The molecule has 0 fully saturated rings. The van der Waals surface area contributed by atoms with Gasteiger partial charge in [0.1, 0.15) is 0 Å². The molecule has 0 spiro atoms. The molecule has 0 unspecified atom stereocenters. The molecule has 0 atom stereocenters. The number of carbonyl (C=O) groups excluding carboxylic acids is 2. The topological polar surface area (TPSA) is 46.6 Å². The van der Waals surface area contributed by atoms with E-state index in [0.29, 0.717) is 6.54 Å². The predicted octanol–water partition coefficient (Wildman–Crippen LogP) is 3.16. The van der Waals surface area contributed by atoms with Gasteiger partial charge < -0.3 is 9.64 Å². The van der Waals surface area contributed by atoms with Gasteiger partial charge in [-0.05, 0) is 24.6 Å². The summed E-state index contributed by atoms with van der Waals surface area (Å²) in [6, 6.07) is 3.04. The number of hydrogen-bond donors (Lipinski definition) is 0. The quantitative estimate of drug-likeness (QED) is 0.547. The summed E-state index contributed by atoms with van der Waals surface area (Å²) in [5, 5.41) is 0. The normalized spacial score (nSPS) is 10.4. The Labute approximate surface area is 129 Å². The average molecular weight is 313 g/mol. The molecule has 0 saturated carbocycles. The van der Waals surface area contributed by atoms with Gasteiger partial charge in [-0.2, -0.15) is 0 Å². The van der Waals surface area contributed by atoms with Crippen molar-refractivity contribution in [3.05, 3.63) is 35.4 Å². The highest BCUT2D eigenvalue weighted by Gasteiger charge is 2.18. The Morgan fingerprint density at radius 2 is 1.86 bits per heavy atom. The molecule has 1 rings (SSSR count). The van der Waals surface area contributed by atoms with Gasteiger partial charge in [-0.3, -0.25) is 9.59 Å². The van der Waals surface area contributed by atoms with Gasteiger partial charge in [0, 0.05) is 18.7 Å². The number of hydrogen-bond acceptors (Lipinski definition) is 3. The van der Waals surface area contributed by atoms with Gasteiger partial charge in [-0.1, -0.05) is 19.8 Å². The molecule has 0 heterocycles. The lowest BCUT2D eigenvalue weighted by Crippen LogP contribution is -2.34. The standard InChI is InChI=1S/C16H21F2NO3/c1-3-4-5-9-19(10-8-15(20)22-2)16(21)12-6-7-13(17)14(18)11-12/h6-7,11H,3-5,8-10H2,1-2H3. The van der Waals surface area contributed by atoms with E-state index in [9.17, 15) is 18.4 Å². The molecule has 22 heavy (non-hydrogen) atoms. The minimum Gasteiger partial charge on any atom is -0.469 e. The van der Waals surface area contributed by atoms with Crippen molar-refractivity contribution in [3.63, 3.8) is 0 Å². The van der Waals surface area contributed by atoms with Crippen LogP contribution in [0, 0.1) is 11.6 Å². The first kappa shape index (κ1) is 18.1. The molecule has 1 amide bonds. The predicted molar refractivity (Wildman–Crippen MR) is 78.4 cm³/mol. The van der Waals surface area contributed by atoms with E-state index in [0.717, 1.165) is 31.4 Å². The van der Waals surface area contributed by atoms with Crippen LogP contribution in [-0.2, 0) is 9.53 Å². The summed E-state index contributed by atoms with van der Waals surface area (Å²) in [4.78, 5) is 25.1. The maximum atomic E-state index is 13.3. The number of halogens is 2. The summed E-state index contributed by atoms with van der Waals surface area (Å²) in [5.41, 5.74) is 0.0697.